The molecule has 1 N–H and O–H groups in total. The first kappa shape index (κ1) is 18.3. The molecule has 0 unspecified atom stereocenters. The van der Waals surface area contributed by atoms with Crippen LogP contribution < -0.4 is 10.2 Å². The minimum absolute atomic E-state index is 0.307. The van der Waals surface area contributed by atoms with Gasteiger partial charge in [-0.05, 0) is 36.2 Å². The van der Waals surface area contributed by atoms with Crippen molar-refractivity contribution in [2.75, 3.05) is 18.0 Å². The van der Waals surface area contributed by atoms with Crippen LogP contribution in [0.15, 0.2) is 93.6 Å². The molecule has 0 atom stereocenters. The SMILES string of the molecule is O=C(/N=C/c1ccccc1)NCCCN1c2ccccc2Sc2ccccc21. The lowest BCUT2D eigenvalue weighted by Crippen LogP contribution is -2.27. The lowest BCUT2D eigenvalue weighted by atomic mass is 10.2. The number of carbonyl (C=O) groups is 1. The average Bonchev–Trinajstić information content (AvgIpc) is 2.75. The normalized spacial score (nSPS) is 12.5. The zero-order chi connectivity index (χ0) is 19.2. The zero-order valence-corrected chi connectivity index (χ0v) is 16.2. The van der Waals surface area contributed by atoms with Crippen molar-refractivity contribution in [2.45, 2.75) is 16.2 Å². The van der Waals surface area contributed by atoms with Gasteiger partial charge in [-0.15, -0.1) is 0 Å². The molecule has 1 aliphatic heterocycles. The molecule has 3 aromatic carbocycles. The van der Waals surface area contributed by atoms with Crippen LogP contribution in [0, 0.1) is 0 Å². The number of fused-ring (bicyclic) bond motifs is 2. The molecular weight excluding hydrogens is 366 g/mol. The molecule has 0 radical (unpaired) electrons. The maximum atomic E-state index is 11.9. The molecule has 0 aromatic heterocycles. The summed E-state index contributed by atoms with van der Waals surface area (Å²) in [6.45, 7) is 1.41. The van der Waals surface area contributed by atoms with Gasteiger partial charge in [0, 0.05) is 29.1 Å². The minimum Gasteiger partial charge on any atom is -0.340 e. The van der Waals surface area contributed by atoms with Crippen molar-refractivity contribution < 1.29 is 4.79 Å². The second-order valence-electron chi connectivity index (χ2n) is 6.44. The smallest absolute Gasteiger partial charge is 0.340 e. The van der Waals surface area contributed by atoms with E-state index in [1.165, 1.54) is 21.2 Å². The number of nitrogens with zero attached hydrogens (tertiary/aromatic N) is 2. The fourth-order valence-electron chi connectivity index (χ4n) is 3.17. The summed E-state index contributed by atoms with van der Waals surface area (Å²) in [4.78, 5) is 20.8. The van der Waals surface area contributed by atoms with Gasteiger partial charge in [0.05, 0.1) is 11.4 Å². The van der Waals surface area contributed by atoms with Gasteiger partial charge >= 0.3 is 6.03 Å². The molecule has 28 heavy (non-hydrogen) atoms. The van der Waals surface area contributed by atoms with Crippen LogP contribution in [0.5, 0.6) is 0 Å². The van der Waals surface area contributed by atoms with E-state index < -0.39 is 0 Å². The Morgan fingerprint density at radius 3 is 2.18 bits per heavy atom. The zero-order valence-electron chi connectivity index (χ0n) is 15.4. The molecule has 0 saturated carbocycles. The number of amides is 2. The van der Waals surface area contributed by atoms with Crippen LogP contribution in [-0.4, -0.2) is 25.3 Å². The van der Waals surface area contributed by atoms with E-state index in [0.717, 1.165) is 18.5 Å². The fourth-order valence-corrected chi connectivity index (χ4v) is 4.27. The van der Waals surface area contributed by atoms with Gasteiger partial charge in [0.25, 0.3) is 0 Å². The van der Waals surface area contributed by atoms with E-state index in [4.69, 9.17) is 0 Å². The van der Waals surface area contributed by atoms with Gasteiger partial charge in [-0.1, -0.05) is 66.4 Å². The largest absolute Gasteiger partial charge is 0.340 e. The van der Waals surface area contributed by atoms with E-state index in [1.54, 1.807) is 18.0 Å². The first-order valence-corrected chi connectivity index (χ1v) is 10.1. The Balaban J connectivity index is 1.35. The van der Waals surface area contributed by atoms with Crippen molar-refractivity contribution in [3.8, 4) is 0 Å². The van der Waals surface area contributed by atoms with E-state index in [-0.39, 0.29) is 6.03 Å². The van der Waals surface area contributed by atoms with Gasteiger partial charge in [0.2, 0.25) is 0 Å². The van der Waals surface area contributed by atoms with E-state index in [2.05, 4.69) is 63.7 Å². The average molecular weight is 388 g/mol. The number of hydrogen-bond acceptors (Lipinski definition) is 3. The van der Waals surface area contributed by atoms with E-state index in [9.17, 15) is 4.79 Å². The number of urea groups is 1. The van der Waals surface area contributed by atoms with E-state index in [1.807, 2.05) is 30.3 Å². The molecule has 2 amide bonds. The molecule has 3 aromatic rings. The van der Waals surface area contributed by atoms with Gasteiger partial charge in [-0.25, -0.2) is 9.79 Å². The van der Waals surface area contributed by atoms with Crippen molar-refractivity contribution >= 4 is 35.4 Å². The Hall–Kier alpha value is -3.05. The topological polar surface area (TPSA) is 44.7 Å². The Morgan fingerprint density at radius 1 is 0.893 bits per heavy atom. The summed E-state index contributed by atoms with van der Waals surface area (Å²) in [5.41, 5.74) is 3.36. The van der Waals surface area contributed by atoms with Gasteiger partial charge < -0.3 is 10.2 Å². The van der Waals surface area contributed by atoms with E-state index in [0.29, 0.717) is 6.54 Å². The van der Waals surface area contributed by atoms with Gasteiger partial charge in [0.15, 0.2) is 0 Å². The number of rotatable bonds is 5. The molecule has 5 heteroatoms. The van der Waals surface area contributed by atoms with Crippen molar-refractivity contribution in [3.63, 3.8) is 0 Å². The number of aliphatic imine (C=N–C) groups is 1. The van der Waals surface area contributed by atoms with Crippen LogP contribution in [0.3, 0.4) is 0 Å². The van der Waals surface area contributed by atoms with Crippen LogP contribution in [0.4, 0.5) is 16.2 Å². The molecule has 1 aliphatic rings. The summed E-state index contributed by atoms with van der Waals surface area (Å²) in [5.74, 6) is 0. The highest BCUT2D eigenvalue weighted by Crippen LogP contribution is 2.47. The molecule has 140 valence electrons. The third-order valence-electron chi connectivity index (χ3n) is 4.50. The summed E-state index contributed by atoms with van der Waals surface area (Å²) >= 11 is 1.80. The number of benzene rings is 3. The number of carbonyl (C=O) groups excluding carboxylic acids is 1. The summed E-state index contributed by atoms with van der Waals surface area (Å²) in [6.07, 6.45) is 2.42. The van der Waals surface area contributed by atoms with Gasteiger partial charge in [-0.2, -0.15) is 0 Å². The van der Waals surface area contributed by atoms with Crippen LogP contribution in [0.2, 0.25) is 0 Å². The molecule has 0 bridgehead atoms. The standard InChI is InChI=1S/C23H21N3OS/c27-23(25-17-18-9-2-1-3-10-18)24-15-8-16-26-19-11-4-6-13-21(19)28-22-14-7-5-12-20(22)26/h1-7,9-14,17H,8,15-16H2,(H,24,27)/b25-17+. The van der Waals surface area contributed by atoms with Crippen molar-refractivity contribution in [1.29, 1.82) is 0 Å². The predicted octanol–water partition coefficient (Wildman–Crippen LogP) is 5.51. The number of para-hydroxylation sites is 2. The second-order valence-corrected chi connectivity index (χ2v) is 7.53. The fraction of sp³-hybridized carbons (Fsp3) is 0.130. The lowest BCUT2D eigenvalue weighted by Gasteiger charge is -2.32. The Bertz CT molecular complexity index is 942. The second kappa shape index (κ2) is 8.76. The number of anilines is 2. The summed E-state index contributed by atoms with van der Waals surface area (Å²) in [6, 6.07) is 26.2. The highest BCUT2D eigenvalue weighted by Gasteiger charge is 2.22. The summed E-state index contributed by atoms with van der Waals surface area (Å²) in [7, 11) is 0. The monoisotopic (exact) mass is 387 g/mol. The first-order chi connectivity index (χ1) is 13.8. The molecule has 1 heterocycles. The Labute approximate surface area is 169 Å². The third kappa shape index (κ3) is 4.26. The summed E-state index contributed by atoms with van der Waals surface area (Å²) in [5, 5.41) is 2.87. The maximum absolute atomic E-state index is 11.9. The minimum atomic E-state index is -0.307. The van der Waals surface area contributed by atoms with Gasteiger partial charge in [0.1, 0.15) is 0 Å². The Kier molecular flexibility index (Phi) is 5.73. The molecule has 4 rings (SSSR count). The predicted molar refractivity (Wildman–Crippen MR) is 116 cm³/mol. The number of hydrogen-bond donors (Lipinski definition) is 1. The molecular formula is C23H21N3OS. The maximum Gasteiger partial charge on any atom is 0.340 e. The van der Waals surface area contributed by atoms with Crippen molar-refractivity contribution in [3.05, 3.63) is 84.4 Å². The van der Waals surface area contributed by atoms with Crippen LogP contribution >= 0.6 is 11.8 Å². The highest BCUT2D eigenvalue weighted by atomic mass is 32.2. The first-order valence-electron chi connectivity index (χ1n) is 9.32. The summed E-state index contributed by atoms with van der Waals surface area (Å²) < 4.78 is 0. The molecule has 4 nitrogen and oxygen atoms in total. The third-order valence-corrected chi connectivity index (χ3v) is 5.63. The Morgan fingerprint density at radius 2 is 1.50 bits per heavy atom. The highest BCUT2D eigenvalue weighted by molar-refractivity contribution is 7.99. The molecule has 0 saturated heterocycles. The van der Waals surface area contributed by atoms with Crippen LogP contribution in [0.25, 0.3) is 0 Å². The molecule has 0 aliphatic carbocycles. The van der Waals surface area contributed by atoms with Crippen LogP contribution in [-0.2, 0) is 0 Å². The van der Waals surface area contributed by atoms with Crippen molar-refractivity contribution in [1.82, 2.24) is 5.32 Å². The molecule has 0 spiro atoms. The van der Waals surface area contributed by atoms with Gasteiger partial charge in [-0.3, -0.25) is 0 Å². The number of nitrogens with one attached hydrogen (secondary N) is 1. The van der Waals surface area contributed by atoms with Crippen LogP contribution in [0.1, 0.15) is 12.0 Å². The lowest BCUT2D eigenvalue weighted by molar-refractivity contribution is 0.249. The molecule has 0 fully saturated rings. The van der Waals surface area contributed by atoms with Crippen molar-refractivity contribution in [2.24, 2.45) is 4.99 Å². The van der Waals surface area contributed by atoms with E-state index >= 15 is 0 Å². The quantitative estimate of drug-likeness (QED) is 0.464.